The molecule has 5 nitrogen and oxygen atoms in total. The normalized spacial score (nSPS) is 16.6. The monoisotopic (exact) mass is 299 g/mol. The number of nitrogens with zero attached hydrogens (tertiary/aromatic N) is 1. The van der Waals surface area contributed by atoms with Gasteiger partial charge >= 0.3 is 0 Å². The van der Waals surface area contributed by atoms with Crippen LogP contribution in [0.1, 0.15) is 36.0 Å². The van der Waals surface area contributed by atoms with Crippen molar-refractivity contribution in [2.45, 2.75) is 31.2 Å². The molecule has 0 radical (unpaired) electrons. The maximum absolute atomic E-state index is 12.5. The number of benzene rings is 1. The van der Waals surface area contributed by atoms with Crippen LogP contribution in [0.2, 0.25) is 0 Å². The first-order chi connectivity index (χ1) is 10.7. The van der Waals surface area contributed by atoms with Crippen molar-refractivity contribution in [3.63, 3.8) is 0 Å². The highest BCUT2D eigenvalue weighted by molar-refractivity contribution is 5.97. The second kappa shape index (κ2) is 5.93. The molecule has 0 saturated heterocycles. The third kappa shape index (κ3) is 2.76. The zero-order valence-electron chi connectivity index (χ0n) is 12.8. The van der Waals surface area contributed by atoms with Crippen LogP contribution in [0, 0.1) is 0 Å². The molecular formula is C17H21N3O2. The molecule has 3 rings (SSSR count). The highest BCUT2D eigenvalue weighted by Gasteiger charge is 2.34. The van der Waals surface area contributed by atoms with E-state index in [1.54, 1.807) is 13.3 Å². The van der Waals surface area contributed by atoms with Gasteiger partial charge in [-0.05, 0) is 31.0 Å². The van der Waals surface area contributed by atoms with E-state index in [0.717, 1.165) is 42.3 Å². The van der Waals surface area contributed by atoms with Crippen LogP contribution < -0.4 is 15.8 Å². The number of rotatable bonds is 4. The summed E-state index contributed by atoms with van der Waals surface area (Å²) < 4.78 is 5.18. The van der Waals surface area contributed by atoms with Crippen LogP contribution >= 0.6 is 0 Å². The van der Waals surface area contributed by atoms with E-state index in [1.807, 2.05) is 24.3 Å². The van der Waals surface area contributed by atoms with Crippen molar-refractivity contribution in [1.29, 1.82) is 0 Å². The molecule has 1 aliphatic rings. The summed E-state index contributed by atoms with van der Waals surface area (Å²) in [5.74, 6) is 0.655. The number of amides is 1. The van der Waals surface area contributed by atoms with Gasteiger partial charge in [-0.1, -0.05) is 12.8 Å². The number of carbonyl (C=O) groups excluding carboxylic acids is 1. The van der Waals surface area contributed by atoms with Crippen LogP contribution in [-0.2, 0) is 0 Å². The van der Waals surface area contributed by atoms with Crippen LogP contribution in [0.4, 0.5) is 0 Å². The molecule has 1 amide bonds. The molecule has 1 heterocycles. The Labute approximate surface area is 129 Å². The Hall–Kier alpha value is -2.14. The Morgan fingerprint density at radius 2 is 2.14 bits per heavy atom. The van der Waals surface area contributed by atoms with Crippen molar-refractivity contribution in [3.8, 4) is 5.75 Å². The number of nitrogens with one attached hydrogen (secondary N) is 1. The molecule has 0 unspecified atom stereocenters. The Morgan fingerprint density at radius 1 is 1.36 bits per heavy atom. The summed E-state index contributed by atoms with van der Waals surface area (Å²) in [7, 11) is 1.62. The fourth-order valence-electron chi connectivity index (χ4n) is 3.10. The lowest BCUT2D eigenvalue weighted by molar-refractivity contribution is 0.0903. The van der Waals surface area contributed by atoms with Crippen LogP contribution in [0.3, 0.4) is 0 Å². The molecule has 1 aromatic carbocycles. The fraction of sp³-hybridized carbons (Fsp3) is 0.412. The minimum absolute atomic E-state index is 0.0995. The standard InChI is InChI=1S/C17H21N3O2/c1-22-14-5-4-12-8-13(10-19-15(12)9-14)16(21)20-17(11-18)6-2-3-7-17/h4-5,8-10H,2-3,6-7,11,18H2,1H3,(H,20,21). The van der Waals surface area contributed by atoms with E-state index in [4.69, 9.17) is 10.5 Å². The van der Waals surface area contributed by atoms with Gasteiger partial charge in [-0.25, -0.2) is 0 Å². The maximum Gasteiger partial charge on any atom is 0.253 e. The lowest BCUT2D eigenvalue weighted by Gasteiger charge is -2.28. The van der Waals surface area contributed by atoms with Gasteiger partial charge in [0.05, 0.1) is 23.7 Å². The molecule has 1 saturated carbocycles. The SMILES string of the molecule is COc1ccc2cc(C(=O)NC3(CN)CCCC3)cnc2c1. The molecule has 0 aliphatic heterocycles. The van der Waals surface area contributed by atoms with Gasteiger partial charge in [-0.2, -0.15) is 0 Å². The van der Waals surface area contributed by atoms with E-state index in [-0.39, 0.29) is 11.4 Å². The zero-order valence-corrected chi connectivity index (χ0v) is 12.8. The van der Waals surface area contributed by atoms with Gasteiger partial charge in [0.15, 0.2) is 0 Å². The van der Waals surface area contributed by atoms with Crippen molar-refractivity contribution in [1.82, 2.24) is 10.3 Å². The number of aromatic nitrogens is 1. The molecule has 3 N–H and O–H groups in total. The molecule has 1 aromatic heterocycles. The van der Waals surface area contributed by atoms with Crippen LogP contribution in [0.15, 0.2) is 30.5 Å². The van der Waals surface area contributed by atoms with Crippen molar-refractivity contribution in [3.05, 3.63) is 36.0 Å². The van der Waals surface area contributed by atoms with Gasteiger partial charge in [-0.15, -0.1) is 0 Å². The summed E-state index contributed by atoms with van der Waals surface area (Å²) in [5.41, 5.74) is 7.01. The lowest BCUT2D eigenvalue weighted by atomic mass is 9.97. The topological polar surface area (TPSA) is 77.2 Å². The van der Waals surface area contributed by atoms with E-state index in [9.17, 15) is 4.79 Å². The number of hydrogen-bond acceptors (Lipinski definition) is 4. The summed E-state index contributed by atoms with van der Waals surface area (Å²) in [6.45, 7) is 0.483. The Bertz CT molecular complexity index is 693. The number of ether oxygens (including phenoxy) is 1. The third-order valence-electron chi connectivity index (χ3n) is 4.48. The summed E-state index contributed by atoms with van der Waals surface area (Å²) in [4.78, 5) is 16.9. The molecule has 0 atom stereocenters. The highest BCUT2D eigenvalue weighted by atomic mass is 16.5. The predicted molar refractivity (Wildman–Crippen MR) is 86.0 cm³/mol. The van der Waals surface area contributed by atoms with Gasteiger partial charge in [0.25, 0.3) is 5.91 Å². The maximum atomic E-state index is 12.5. The average Bonchev–Trinajstić information content (AvgIpc) is 3.02. The number of fused-ring (bicyclic) bond motifs is 1. The quantitative estimate of drug-likeness (QED) is 0.907. The van der Waals surface area contributed by atoms with Crippen molar-refractivity contribution in [2.75, 3.05) is 13.7 Å². The number of methoxy groups -OCH3 is 1. The minimum atomic E-state index is -0.244. The number of hydrogen-bond donors (Lipinski definition) is 2. The lowest BCUT2D eigenvalue weighted by Crippen LogP contribution is -2.51. The van der Waals surface area contributed by atoms with Crippen LogP contribution in [-0.4, -0.2) is 30.1 Å². The third-order valence-corrected chi connectivity index (χ3v) is 4.48. The second-order valence-corrected chi connectivity index (χ2v) is 5.93. The molecule has 1 fully saturated rings. The average molecular weight is 299 g/mol. The van der Waals surface area contributed by atoms with Crippen molar-refractivity contribution >= 4 is 16.8 Å². The summed E-state index contributed by atoms with van der Waals surface area (Å²) >= 11 is 0. The molecular weight excluding hydrogens is 278 g/mol. The van der Waals surface area contributed by atoms with E-state index >= 15 is 0 Å². The van der Waals surface area contributed by atoms with Crippen molar-refractivity contribution in [2.24, 2.45) is 5.73 Å². The second-order valence-electron chi connectivity index (χ2n) is 5.93. The first-order valence-electron chi connectivity index (χ1n) is 7.62. The molecule has 5 heteroatoms. The smallest absolute Gasteiger partial charge is 0.253 e. The fourth-order valence-corrected chi connectivity index (χ4v) is 3.10. The number of nitrogens with two attached hydrogens (primary N) is 1. The van der Waals surface area contributed by atoms with Crippen LogP contribution in [0.25, 0.3) is 10.9 Å². The molecule has 0 bridgehead atoms. The largest absolute Gasteiger partial charge is 0.497 e. The Morgan fingerprint density at radius 3 is 2.82 bits per heavy atom. The Kier molecular flexibility index (Phi) is 3.98. The predicted octanol–water partition coefficient (Wildman–Crippen LogP) is 2.24. The zero-order chi connectivity index (χ0) is 15.6. The van der Waals surface area contributed by atoms with Gasteiger partial charge in [0.2, 0.25) is 0 Å². The first kappa shape index (κ1) is 14.8. The summed E-state index contributed by atoms with van der Waals surface area (Å²) in [5, 5.41) is 4.04. The molecule has 0 spiro atoms. The van der Waals surface area contributed by atoms with Gasteiger partial charge in [-0.3, -0.25) is 9.78 Å². The van der Waals surface area contributed by atoms with Crippen molar-refractivity contribution < 1.29 is 9.53 Å². The molecule has 116 valence electrons. The van der Waals surface area contributed by atoms with E-state index in [0.29, 0.717) is 12.1 Å². The molecule has 22 heavy (non-hydrogen) atoms. The van der Waals surface area contributed by atoms with Crippen LogP contribution in [0.5, 0.6) is 5.75 Å². The summed E-state index contributed by atoms with van der Waals surface area (Å²) in [6.07, 6.45) is 5.75. The van der Waals surface area contributed by atoms with E-state index in [1.165, 1.54) is 0 Å². The van der Waals surface area contributed by atoms with Gasteiger partial charge in [0.1, 0.15) is 5.75 Å². The summed E-state index contributed by atoms with van der Waals surface area (Å²) in [6, 6.07) is 7.49. The number of pyridine rings is 1. The van der Waals surface area contributed by atoms with Gasteiger partial charge in [0, 0.05) is 24.2 Å². The first-order valence-corrected chi connectivity index (χ1v) is 7.62. The Balaban J connectivity index is 1.85. The molecule has 1 aliphatic carbocycles. The minimum Gasteiger partial charge on any atom is -0.497 e. The van der Waals surface area contributed by atoms with Gasteiger partial charge < -0.3 is 15.8 Å². The van der Waals surface area contributed by atoms with E-state index in [2.05, 4.69) is 10.3 Å². The molecule has 2 aromatic rings. The number of carbonyl (C=O) groups is 1. The highest BCUT2D eigenvalue weighted by Crippen LogP contribution is 2.29. The van der Waals surface area contributed by atoms with E-state index < -0.39 is 0 Å².